The summed E-state index contributed by atoms with van der Waals surface area (Å²) >= 11 is 0. The number of aromatic nitrogens is 2. The molecule has 16 aromatic carbocycles. The summed E-state index contributed by atoms with van der Waals surface area (Å²) in [7, 11) is 0. The Morgan fingerprint density at radius 2 is 0.622 bits per heavy atom. The molecule has 0 spiro atoms. The number of fused-ring (bicyclic) bond motifs is 14. The summed E-state index contributed by atoms with van der Waals surface area (Å²) in [5.41, 5.74) is 23.1. The summed E-state index contributed by atoms with van der Waals surface area (Å²) in [5, 5.41) is 13.8. The van der Waals surface area contributed by atoms with Crippen molar-refractivity contribution in [3.05, 3.63) is 352 Å². The second-order valence-corrected chi connectivity index (χ2v) is 25.4. The second kappa shape index (κ2) is 22.2. The number of anilines is 6. The Labute approximate surface area is 564 Å². The first-order chi connectivity index (χ1) is 48.6. The van der Waals surface area contributed by atoms with Crippen LogP contribution in [-0.2, 0) is 0 Å². The molecule has 0 saturated carbocycles. The number of benzene rings is 16. The highest BCUT2D eigenvalue weighted by molar-refractivity contribution is 6.22. The zero-order valence-corrected chi connectivity index (χ0v) is 53.1. The molecule has 458 valence electrons. The van der Waals surface area contributed by atoms with Crippen LogP contribution in [0.15, 0.2) is 361 Å². The van der Waals surface area contributed by atoms with Gasteiger partial charge in [0, 0.05) is 93.6 Å². The van der Waals surface area contributed by atoms with E-state index in [2.05, 4.69) is 365 Å². The van der Waals surface area contributed by atoms with Crippen LogP contribution >= 0.6 is 0 Å². The minimum atomic E-state index is 0.828. The van der Waals surface area contributed by atoms with Crippen LogP contribution in [-0.4, -0.2) is 9.13 Å². The van der Waals surface area contributed by atoms with Gasteiger partial charge < -0.3 is 27.8 Å². The summed E-state index contributed by atoms with van der Waals surface area (Å²) in [6.07, 6.45) is 0. The Bertz CT molecular complexity index is 6530. The monoisotopic (exact) mass is 1250 g/mol. The lowest BCUT2D eigenvalue weighted by molar-refractivity contribution is 0.669. The number of para-hydroxylation sites is 7. The maximum Gasteiger partial charge on any atom is 0.143 e. The maximum absolute atomic E-state index is 7.26. The zero-order chi connectivity index (χ0) is 64.4. The van der Waals surface area contributed by atoms with Crippen LogP contribution in [0.4, 0.5) is 34.1 Å². The van der Waals surface area contributed by atoms with Gasteiger partial charge in [-0.25, -0.2) is 0 Å². The number of rotatable bonds is 11. The van der Waals surface area contributed by atoms with Crippen molar-refractivity contribution in [1.82, 2.24) is 9.13 Å². The van der Waals surface area contributed by atoms with E-state index in [1.807, 2.05) is 6.07 Å². The fourth-order valence-corrected chi connectivity index (χ4v) is 15.9. The minimum absolute atomic E-state index is 0.828. The largest absolute Gasteiger partial charge is 0.456 e. The molecular formula is C92H58N4O2. The fourth-order valence-electron chi connectivity index (χ4n) is 15.9. The summed E-state index contributed by atoms with van der Waals surface area (Å²) in [5.74, 6) is 0. The Morgan fingerprint density at radius 1 is 0.214 bits per heavy atom. The fraction of sp³-hybridized carbons (Fsp3) is 0. The van der Waals surface area contributed by atoms with Gasteiger partial charge in [0.1, 0.15) is 22.3 Å². The number of furan rings is 2. The highest BCUT2D eigenvalue weighted by Gasteiger charge is 2.26. The molecular weight excluding hydrogens is 1190 g/mol. The lowest BCUT2D eigenvalue weighted by Gasteiger charge is -2.29. The molecule has 0 atom stereocenters. The molecule has 0 unspecified atom stereocenters. The molecule has 0 aliphatic heterocycles. The van der Waals surface area contributed by atoms with Gasteiger partial charge in [-0.05, 0) is 154 Å². The molecule has 20 aromatic rings. The zero-order valence-electron chi connectivity index (χ0n) is 53.1. The minimum Gasteiger partial charge on any atom is -0.456 e. The molecule has 0 radical (unpaired) electrons. The van der Waals surface area contributed by atoms with E-state index >= 15 is 0 Å². The molecule has 0 aliphatic rings. The van der Waals surface area contributed by atoms with Crippen LogP contribution in [0.3, 0.4) is 0 Å². The van der Waals surface area contributed by atoms with Crippen molar-refractivity contribution in [3.8, 4) is 44.8 Å². The van der Waals surface area contributed by atoms with Crippen molar-refractivity contribution in [1.29, 1.82) is 0 Å². The lowest BCUT2D eigenvalue weighted by Crippen LogP contribution is -2.12. The van der Waals surface area contributed by atoms with Gasteiger partial charge in [0.15, 0.2) is 0 Å². The van der Waals surface area contributed by atoms with Crippen molar-refractivity contribution in [2.24, 2.45) is 0 Å². The van der Waals surface area contributed by atoms with Crippen molar-refractivity contribution in [3.63, 3.8) is 0 Å². The van der Waals surface area contributed by atoms with Crippen molar-refractivity contribution in [2.45, 2.75) is 0 Å². The van der Waals surface area contributed by atoms with E-state index in [0.717, 1.165) is 150 Å². The number of hydrogen-bond acceptors (Lipinski definition) is 4. The topological polar surface area (TPSA) is 42.6 Å². The van der Waals surface area contributed by atoms with Crippen molar-refractivity contribution < 1.29 is 8.83 Å². The molecule has 0 amide bonds. The molecule has 0 fully saturated rings. The van der Waals surface area contributed by atoms with Gasteiger partial charge in [0.2, 0.25) is 0 Å². The third-order valence-electron chi connectivity index (χ3n) is 20.1. The number of nitrogens with zero attached hydrogens (tertiary/aromatic N) is 4. The van der Waals surface area contributed by atoms with E-state index in [-0.39, 0.29) is 0 Å². The van der Waals surface area contributed by atoms with E-state index < -0.39 is 0 Å². The Balaban J connectivity index is 0.715. The van der Waals surface area contributed by atoms with Gasteiger partial charge in [-0.2, -0.15) is 0 Å². The molecule has 0 aliphatic carbocycles. The summed E-state index contributed by atoms with van der Waals surface area (Å²) in [6, 6.07) is 127. The molecule has 6 heteroatoms. The van der Waals surface area contributed by atoms with E-state index in [9.17, 15) is 0 Å². The SMILES string of the molecule is c1ccc(N(c2ccc(-n3c4ccccc4c4c(-c5cccc6c5oc5cccc(-c7ccccc7N(c7ccc(-n8c9ccccc9c9ccccc98)cc7)c7cccc8ccccc78)c56)cccc43)cc2)c2ccc3ccccc3c2)c(-c2cccc3oc4ccccc4c23)c1. The average Bonchev–Trinajstić information content (AvgIpc) is 1.44. The molecule has 20 rings (SSSR count). The lowest BCUT2D eigenvalue weighted by atomic mass is 9.94. The van der Waals surface area contributed by atoms with Gasteiger partial charge in [-0.3, -0.25) is 0 Å². The van der Waals surface area contributed by atoms with E-state index in [1.165, 1.54) is 38.0 Å². The second-order valence-electron chi connectivity index (χ2n) is 25.4. The Morgan fingerprint density at radius 3 is 1.32 bits per heavy atom. The van der Waals surface area contributed by atoms with E-state index in [1.54, 1.807) is 0 Å². The molecule has 4 aromatic heterocycles. The summed E-state index contributed by atoms with van der Waals surface area (Å²) < 4.78 is 18.5. The summed E-state index contributed by atoms with van der Waals surface area (Å²) in [4.78, 5) is 4.85. The highest BCUT2D eigenvalue weighted by atomic mass is 16.3. The molecule has 0 saturated heterocycles. The summed E-state index contributed by atoms with van der Waals surface area (Å²) in [6.45, 7) is 0. The smallest absolute Gasteiger partial charge is 0.143 e. The molecule has 6 nitrogen and oxygen atoms in total. The normalized spacial score (nSPS) is 11.9. The Hall–Kier alpha value is -13.2. The molecule has 4 heterocycles. The first-order valence-corrected chi connectivity index (χ1v) is 33.5. The quantitative estimate of drug-likeness (QED) is 0.129. The maximum atomic E-state index is 7.26. The predicted octanol–water partition coefficient (Wildman–Crippen LogP) is 25.9. The Kier molecular flexibility index (Phi) is 12.6. The van der Waals surface area contributed by atoms with Crippen LogP contribution in [0.5, 0.6) is 0 Å². The van der Waals surface area contributed by atoms with Gasteiger partial charge in [-0.15, -0.1) is 0 Å². The molecule has 98 heavy (non-hydrogen) atoms. The molecule has 0 bridgehead atoms. The van der Waals surface area contributed by atoms with Crippen molar-refractivity contribution >= 4 is 143 Å². The first kappa shape index (κ1) is 55.3. The van der Waals surface area contributed by atoms with Crippen LogP contribution in [0.25, 0.3) is 154 Å². The highest BCUT2D eigenvalue weighted by Crippen LogP contribution is 2.51. The first-order valence-electron chi connectivity index (χ1n) is 33.5. The van der Waals surface area contributed by atoms with Gasteiger partial charge in [0.05, 0.1) is 39.1 Å². The van der Waals surface area contributed by atoms with Crippen molar-refractivity contribution in [2.75, 3.05) is 9.80 Å². The molecule has 0 N–H and O–H groups in total. The van der Waals surface area contributed by atoms with Crippen LogP contribution in [0, 0.1) is 0 Å². The van der Waals surface area contributed by atoms with Crippen LogP contribution in [0.1, 0.15) is 0 Å². The number of hydrogen-bond donors (Lipinski definition) is 0. The van der Waals surface area contributed by atoms with Gasteiger partial charge in [-0.1, -0.05) is 231 Å². The third-order valence-corrected chi connectivity index (χ3v) is 20.1. The van der Waals surface area contributed by atoms with Gasteiger partial charge in [0.25, 0.3) is 0 Å². The van der Waals surface area contributed by atoms with Crippen LogP contribution in [0.2, 0.25) is 0 Å². The van der Waals surface area contributed by atoms with Gasteiger partial charge >= 0.3 is 0 Å². The average molecular weight is 1250 g/mol. The van der Waals surface area contributed by atoms with E-state index in [4.69, 9.17) is 8.83 Å². The third kappa shape index (κ3) is 8.61. The van der Waals surface area contributed by atoms with Crippen LogP contribution < -0.4 is 9.80 Å². The predicted molar refractivity (Wildman–Crippen MR) is 410 cm³/mol. The standard InChI is InChI=1S/C92H58N4O2/c1-2-24-61-58-66(49-48-59(61)22-1)93(80-38-11-7-29-70(80)72-34-20-46-87-90(72)77-32-10-16-45-86(77)97-87)62-50-52-65(53-51-62)96-84-42-15-9-31-76(84)89-74(33-19-44-85(89)96)75-36-18-37-78-91-73(35-21-47-88(91)98-92(75)78)71-30-8-14-41-83(71)94(79-43-17-25-60-23-3-4-26-67(60)79)63-54-56-64(57-55-63)95-81-39-12-5-27-68(81)69-28-6-13-40-82(69)95/h1-58H. The van der Waals surface area contributed by atoms with E-state index in [0.29, 0.717) is 0 Å².